The molecular formula is C23H26N2O6S. The van der Waals surface area contributed by atoms with Gasteiger partial charge in [0.05, 0.1) is 4.90 Å². The quantitative estimate of drug-likeness (QED) is 0.308. The highest BCUT2D eigenvalue weighted by molar-refractivity contribution is 7.92. The maximum atomic E-state index is 12.3. The van der Waals surface area contributed by atoms with Crippen LogP contribution in [-0.2, 0) is 10.0 Å². The summed E-state index contributed by atoms with van der Waals surface area (Å²) in [5.41, 5.74) is 0.441. The lowest BCUT2D eigenvalue weighted by atomic mass is 10.3. The molecule has 3 aromatic rings. The molecule has 1 atom stereocenters. The molecule has 0 saturated carbocycles. The molecule has 0 spiro atoms. The summed E-state index contributed by atoms with van der Waals surface area (Å²) in [6.45, 7) is 1.35. The van der Waals surface area contributed by atoms with Gasteiger partial charge in [0.25, 0.3) is 10.0 Å². The van der Waals surface area contributed by atoms with Crippen LogP contribution in [0.1, 0.15) is 0 Å². The fourth-order valence-corrected chi connectivity index (χ4v) is 3.82. The summed E-state index contributed by atoms with van der Waals surface area (Å²) in [6, 6.07) is 21.1. The minimum Gasteiger partial charge on any atom is -0.508 e. The molecule has 32 heavy (non-hydrogen) atoms. The Hall–Kier alpha value is -3.27. The Bertz CT molecular complexity index is 1060. The van der Waals surface area contributed by atoms with Gasteiger partial charge in [-0.1, -0.05) is 18.2 Å². The minimum atomic E-state index is -3.63. The predicted octanol–water partition coefficient (Wildman–Crippen LogP) is 2.60. The van der Waals surface area contributed by atoms with Crippen LogP contribution in [-0.4, -0.2) is 51.0 Å². The number of aliphatic hydroxyl groups is 1. The fourth-order valence-electron chi connectivity index (χ4n) is 2.74. The summed E-state index contributed by atoms with van der Waals surface area (Å²) in [7, 11) is -3.63. The van der Waals surface area contributed by atoms with Gasteiger partial charge in [-0.05, 0) is 60.7 Å². The van der Waals surface area contributed by atoms with Crippen LogP contribution in [0, 0.1) is 0 Å². The van der Waals surface area contributed by atoms with Gasteiger partial charge in [0.2, 0.25) is 0 Å². The van der Waals surface area contributed by atoms with Gasteiger partial charge in [-0.3, -0.25) is 4.72 Å². The highest BCUT2D eigenvalue weighted by atomic mass is 32.2. The maximum absolute atomic E-state index is 12.3. The zero-order valence-corrected chi connectivity index (χ0v) is 18.2. The Morgan fingerprint density at radius 3 is 2.16 bits per heavy atom. The van der Waals surface area contributed by atoms with Crippen molar-refractivity contribution in [3.05, 3.63) is 78.9 Å². The number of aliphatic hydroxyl groups excluding tert-OH is 1. The summed E-state index contributed by atoms with van der Waals surface area (Å²) in [5, 5.41) is 22.3. The second-order valence-corrected chi connectivity index (χ2v) is 8.64. The molecule has 3 aromatic carbocycles. The summed E-state index contributed by atoms with van der Waals surface area (Å²) < 4.78 is 38.3. The molecule has 0 fully saturated rings. The molecule has 8 nitrogen and oxygen atoms in total. The number of aromatic hydroxyl groups is 1. The number of hydrogen-bond donors (Lipinski definition) is 4. The molecule has 0 aromatic heterocycles. The van der Waals surface area contributed by atoms with E-state index in [1.165, 1.54) is 24.3 Å². The zero-order valence-electron chi connectivity index (χ0n) is 17.3. The van der Waals surface area contributed by atoms with Crippen molar-refractivity contribution in [1.82, 2.24) is 5.32 Å². The van der Waals surface area contributed by atoms with Crippen molar-refractivity contribution in [3.8, 4) is 17.2 Å². The van der Waals surface area contributed by atoms with Gasteiger partial charge in [-0.2, -0.15) is 0 Å². The van der Waals surface area contributed by atoms with Crippen LogP contribution in [0.2, 0.25) is 0 Å². The first-order valence-corrected chi connectivity index (χ1v) is 11.5. The zero-order chi connectivity index (χ0) is 22.8. The van der Waals surface area contributed by atoms with Crippen molar-refractivity contribution in [3.63, 3.8) is 0 Å². The van der Waals surface area contributed by atoms with Gasteiger partial charge in [-0.15, -0.1) is 0 Å². The molecule has 0 bridgehead atoms. The molecule has 3 rings (SSSR count). The molecule has 0 aliphatic heterocycles. The van der Waals surface area contributed by atoms with E-state index in [0.717, 1.165) is 0 Å². The van der Waals surface area contributed by atoms with Gasteiger partial charge in [-0.25, -0.2) is 8.42 Å². The third-order valence-electron chi connectivity index (χ3n) is 4.37. The van der Waals surface area contributed by atoms with E-state index in [1.807, 2.05) is 0 Å². The highest BCUT2D eigenvalue weighted by Crippen LogP contribution is 2.19. The van der Waals surface area contributed by atoms with Crippen LogP contribution in [0.5, 0.6) is 17.2 Å². The summed E-state index contributed by atoms with van der Waals surface area (Å²) in [5.74, 6) is 1.33. The first-order chi connectivity index (χ1) is 15.4. The molecule has 0 aliphatic rings. The molecule has 0 saturated heterocycles. The number of hydrogen-bond acceptors (Lipinski definition) is 7. The van der Waals surface area contributed by atoms with Crippen molar-refractivity contribution >= 4 is 15.7 Å². The summed E-state index contributed by atoms with van der Waals surface area (Å²) >= 11 is 0. The Labute approximate surface area is 187 Å². The van der Waals surface area contributed by atoms with Crippen LogP contribution in [0.3, 0.4) is 0 Å². The van der Waals surface area contributed by atoms with E-state index in [9.17, 15) is 18.6 Å². The largest absolute Gasteiger partial charge is 0.508 e. The number of benzene rings is 3. The van der Waals surface area contributed by atoms with Crippen LogP contribution in [0.25, 0.3) is 0 Å². The Balaban J connectivity index is 1.33. The number of sulfonamides is 1. The van der Waals surface area contributed by atoms with Gasteiger partial charge in [0.15, 0.2) is 0 Å². The van der Waals surface area contributed by atoms with Crippen molar-refractivity contribution in [2.75, 3.05) is 31.0 Å². The smallest absolute Gasteiger partial charge is 0.261 e. The van der Waals surface area contributed by atoms with Gasteiger partial charge >= 0.3 is 0 Å². The van der Waals surface area contributed by atoms with Crippen LogP contribution in [0.4, 0.5) is 5.69 Å². The fraction of sp³-hybridized carbons (Fsp3) is 0.217. The lowest BCUT2D eigenvalue weighted by Gasteiger charge is -2.14. The van der Waals surface area contributed by atoms with Crippen molar-refractivity contribution in [2.24, 2.45) is 0 Å². The molecule has 4 N–H and O–H groups in total. The van der Waals surface area contributed by atoms with Crippen LogP contribution in [0.15, 0.2) is 83.8 Å². The van der Waals surface area contributed by atoms with E-state index in [-0.39, 0.29) is 17.3 Å². The minimum absolute atomic E-state index is 0.124. The van der Waals surface area contributed by atoms with Crippen molar-refractivity contribution < 1.29 is 28.1 Å². The number of phenols is 1. The number of nitrogens with one attached hydrogen (secondary N) is 2. The molecule has 0 heterocycles. The molecule has 0 aliphatic carbocycles. The first kappa shape index (κ1) is 23.4. The molecule has 0 amide bonds. The first-order valence-electron chi connectivity index (χ1n) is 10.0. The second kappa shape index (κ2) is 11.4. The van der Waals surface area contributed by atoms with E-state index < -0.39 is 16.1 Å². The SMILES string of the molecule is O=S(=O)(Nc1ccc(OCCNC[C@H](O)COc2ccc(O)cc2)cc1)c1ccccc1. The highest BCUT2D eigenvalue weighted by Gasteiger charge is 2.13. The molecule has 0 unspecified atom stereocenters. The number of phenolic OH excluding ortho intramolecular Hbond substituents is 1. The standard InChI is InChI=1S/C23H26N2O6S/c26-19-8-12-22(13-9-19)31-17-20(27)16-24-14-15-30-21-10-6-18(7-11-21)25-32(28,29)23-4-2-1-3-5-23/h1-13,20,24-27H,14-17H2/t20-/m0/s1. The van der Waals surface area contributed by atoms with E-state index >= 15 is 0 Å². The van der Waals surface area contributed by atoms with E-state index in [1.54, 1.807) is 54.6 Å². The molecule has 9 heteroatoms. The lowest BCUT2D eigenvalue weighted by molar-refractivity contribution is 0.105. The monoisotopic (exact) mass is 458 g/mol. The summed E-state index contributed by atoms with van der Waals surface area (Å²) in [6.07, 6.45) is -0.694. The predicted molar refractivity (Wildman–Crippen MR) is 122 cm³/mol. The molecule has 170 valence electrons. The van der Waals surface area contributed by atoms with E-state index in [2.05, 4.69) is 10.0 Å². The Kier molecular flexibility index (Phi) is 8.32. The second-order valence-electron chi connectivity index (χ2n) is 6.95. The maximum Gasteiger partial charge on any atom is 0.261 e. The van der Waals surface area contributed by atoms with E-state index in [0.29, 0.717) is 36.9 Å². The average Bonchev–Trinajstić information content (AvgIpc) is 2.80. The third kappa shape index (κ3) is 7.45. The Morgan fingerprint density at radius 1 is 0.844 bits per heavy atom. The molecular weight excluding hydrogens is 432 g/mol. The van der Waals surface area contributed by atoms with Gasteiger partial charge in [0, 0.05) is 18.8 Å². The van der Waals surface area contributed by atoms with Gasteiger partial charge < -0.3 is 25.0 Å². The number of ether oxygens (including phenoxy) is 2. The number of anilines is 1. The van der Waals surface area contributed by atoms with Crippen molar-refractivity contribution in [1.29, 1.82) is 0 Å². The van der Waals surface area contributed by atoms with Gasteiger partial charge in [0.1, 0.15) is 36.6 Å². The van der Waals surface area contributed by atoms with Crippen molar-refractivity contribution in [2.45, 2.75) is 11.0 Å². The third-order valence-corrected chi connectivity index (χ3v) is 5.76. The topological polar surface area (TPSA) is 117 Å². The average molecular weight is 459 g/mol. The van der Waals surface area contributed by atoms with Crippen LogP contribution < -0.4 is 19.5 Å². The summed E-state index contributed by atoms with van der Waals surface area (Å²) in [4.78, 5) is 0.196. The normalized spacial score (nSPS) is 12.2. The van der Waals surface area contributed by atoms with E-state index in [4.69, 9.17) is 9.47 Å². The lowest BCUT2D eigenvalue weighted by Crippen LogP contribution is -2.33. The molecule has 0 radical (unpaired) electrons. The number of rotatable bonds is 12. The van der Waals surface area contributed by atoms with Crippen LogP contribution >= 0.6 is 0 Å². The Morgan fingerprint density at radius 2 is 1.47 bits per heavy atom.